The van der Waals surface area contributed by atoms with Gasteiger partial charge >= 0.3 is 5.97 Å². The van der Waals surface area contributed by atoms with E-state index in [0.29, 0.717) is 0 Å². The van der Waals surface area contributed by atoms with E-state index in [1.165, 1.54) is 39.0 Å². The summed E-state index contributed by atoms with van der Waals surface area (Å²) in [7, 11) is 0. The number of hydrogen-bond acceptors (Lipinski definition) is 2. The van der Waals surface area contributed by atoms with Crippen LogP contribution in [0.4, 0.5) is 0 Å². The minimum Gasteiger partial charge on any atom is -0.449 e. The fourth-order valence-electron chi connectivity index (χ4n) is 1.49. The molecule has 0 radical (unpaired) electrons. The smallest absolute Gasteiger partial charge is 0.303 e. The van der Waals surface area contributed by atoms with E-state index in [9.17, 15) is 4.79 Å². The van der Waals surface area contributed by atoms with Crippen LogP contribution in [0.5, 0.6) is 0 Å². The van der Waals surface area contributed by atoms with Gasteiger partial charge in [-0.05, 0) is 12.8 Å². The Morgan fingerprint density at radius 1 is 1.27 bits per heavy atom. The molecule has 0 aromatic heterocycles. The molecule has 0 bridgehead atoms. The first-order valence-corrected chi connectivity index (χ1v) is 5.84. The molecule has 15 heavy (non-hydrogen) atoms. The largest absolute Gasteiger partial charge is 0.449 e. The van der Waals surface area contributed by atoms with Crippen LogP contribution in [0.2, 0.25) is 0 Å². The molecule has 0 amide bonds. The lowest BCUT2D eigenvalue weighted by Crippen LogP contribution is -2.13. The fraction of sp³-hybridized carbons (Fsp3) is 0.769. The van der Waals surface area contributed by atoms with Crippen LogP contribution >= 0.6 is 0 Å². The van der Waals surface area contributed by atoms with Crippen molar-refractivity contribution in [1.29, 1.82) is 0 Å². The molecule has 1 unspecified atom stereocenters. The number of rotatable bonds is 8. The Morgan fingerprint density at radius 3 is 2.40 bits per heavy atom. The van der Waals surface area contributed by atoms with Crippen LogP contribution in [0.25, 0.3) is 0 Å². The van der Waals surface area contributed by atoms with Crippen molar-refractivity contribution in [3.63, 3.8) is 0 Å². The van der Waals surface area contributed by atoms with Gasteiger partial charge in [0.2, 0.25) is 0 Å². The van der Waals surface area contributed by atoms with E-state index in [0.717, 1.165) is 12.8 Å². The van der Waals surface area contributed by atoms with Gasteiger partial charge in [-0.3, -0.25) is 4.79 Å². The first-order chi connectivity index (χ1) is 7.20. The minimum atomic E-state index is -0.325. The molecule has 0 spiro atoms. The Balaban J connectivity index is 3.39. The third-order valence-electron chi connectivity index (χ3n) is 2.31. The molecule has 2 heteroatoms. The van der Waals surface area contributed by atoms with Gasteiger partial charge < -0.3 is 4.74 Å². The van der Waals surface area contributed by atoms with Crippen LogP contribution in [0.15, 0.2) is 0 Å². The predicted octanol–water partition coefficient (Wildman–Crippen LogP) is 3.30. The summed E-state index contributed by atoms with van der Waals surface area (Å²) in [5, 5.41) is 0. The molecule has 86 valence electrons. The molecule has 0 aromatic carbocycles. The van der Waals surface area contributed by atoms with Crippen molar-refractivity contribution < 1.29 is 9.53 Å². The van der Waals surface area contributed by atoms with E-state index >= 15 is 0 Å². The Kier molecular flexibility index (Phi) is 8.96. The van der Waals surface area contributed by atoms with Crippen molar-refractivity contribution in [2.45, 2.75) is 64.9 Å². The zero-order valence-corrected chi connectivity index (χ0v) is 9.92. The van der Waals surface area contributed by atoms with Crippen molar-refractivity contribution in [2.24, 2.45) is 0 Å². The van der Waals surface area contributed by atoms with Crippen LogP contribution in [-0.4, -0.2) is 12.1 Å². The Hall–Kier alpha value is -0.970. The van der Waals surface area contributed by atoms with Crippen molar-refractivity contribution in [3.8, 4) is 12.3 Å². The Morgan fingerprint density at radius 2 is 1.87 bits per heavy atom. The molecule has 0 aliphatic carbocycles. The maximum absolute atomic E-state index is 10.7. The number of carbonyl (C=O) groups is 1. The predicted molar refractivity (Wildman–Crippen MR) is 62.4 cm³/mol. The van der Waals surface area contributed by atoms with Gasteiger partial charge in [0.25, 0.3) is 0 Å². The molecule has 0 heterocycles. The maximum Gasteiger partial charge on any atom is 0.303 e. The van der Waals surface area contributed by atoms with Gasteiger partial charge in [0, 0.05) is 6.92 Å². The number of esters is 1. The van der Waals surface area contributed by atoms with Crippen molar-refractivity contribution in [3.05, 3.63) is 0 Å². The highest BCUT2D eigenvalue weighted by Crippen LogP contribution is 2.10. The summed E-state index contributed by atoms with van der Waals surface area (Å²) >= 11 is 0. The quantitative estimate of drug-likeness (QED) is 0.349. The molecule has 0 N–H and O–H groups in total. The second kappa shape index (κ2) is 9.58. The summed E-state index contributed by atoms with van der Waals surface area (Å²) in [5.41, 5.74) is 0. The van der Waals surface area contributed by atoms with Gasteiger partial charge in [-0.1, -0.05) is 44.9 Å². The number of ether oxygens (including phenoxy) is 1. The number of terminal acetylenes is 1. The van der Waals surface area contributed by atoms with Crippen LogP contribution < -0.4 is 0 Å². The molecule has 0 fully saturated rings. The topological polar surface area (TPSA) is 26.3 Å². The van der Waals surface area contributed by atoms with E-state index in [2.05, 4.69) is 12.8 Å². The monoisotopic (exact) mass is 210 g/mol. The van der Waals surface area contributed by atoms with Crippen molar-refractivity contribution >= 4 is 5.97 Å². The van der Waals surface area contributed by atoms with Gasteiger partial charge in [0.1, 0.15) is 0 Å². The first kappa shape index (κ1) is 14.0. The first-order valence-electron chi connectivity index (χ1n) is 5.84. The van der Waals surface area contributed by atoms with E-state index in [1.807, 2.05) is 0 Å². The highest BCUT2D eigenvalue weighted by molar-refractivity contribution is 5.66. The summed E-state index contributed by atoms with van der Waals surface area (Å²) in [4.78, 5) is 10.7. The van der Waals surface area contributed by atoms with E-state index in [-0.39, 0.29) is 12.1 Å². The number of hydrogen-bond donors (Lipinski definition) is 0. The van der Waals surface area contributed by atoms with Crippen LogP contribution in [0.1, 0.15) is 58.8 Å². The Labute approximate surface area is 93.4 Å². The second-order valence-electron chi connectivity index (χ2n) is 3.82. The molecular weight excluding hydrogens is 188 g/mol. The van der Waals surface area contributed by atoms with Gasteiger partial charge in [0.05, 0.1) is 0 Å². The van der Waals surface area contributed by atoms with E-state index in [1.54, 1.807) is 0 Å². The zero-order chi connectivity index (χ0) is 11.5. The SMILES string of the molecule is C#CC(CCCCCCCC)OC(C)=O. The average molecular weight is 210 g/mol. The average Bonchev–Trinajstić information content (AvgIpc) is 2.20. The molecule has 0 saturated carbocycles. The van der Waals surface area contributed by atoms with Gasteiger partial charge in [-0.15, -0.1) is 6.42 Å². The molecule has 0 aliphatic rings. The van der Waals surface area contributed by atoms with Crippen LogP contribution in [-0.2, 0) is 9.53 Å². The lowest BCUT2D eigenvalue weighted by molar-refractivity contribution is -0.144. The zero-order valence-electron chi connectivity index (χ0n) is 9.92. The van der Waals surface area contributed by atoms with Crippen LogP contribution in [0.3, 0.4) is 0 Å². The molecule has 0 rings (SSSR count). The molecule has 0 saturated heterocycles. The summed E-state index contributed by atoms with van der Waals surface area (Å²) in [6.45, 7) is 3.60. The summed E-state index contributed by atoms with van der Waals surface area (Å²) in [6, 6.07) is 0. The lowest BCUT2D eigenvalue weighted by Gasteiger charge is -2.10. The summed E-state index contributed by atoms with van der Waals surface area (Å²) < 4.78 is 4.95. The normalized spacial score (nSPS) is 11.8. The van der Waals surface area contributed by atoms with E-state index < -0.39 is 0 Å². The molecule has 0 aliphatic heterocycles. The summed E-state index contributed by atoms with van der Waals surface area (Å²) in [6.07, 6.45) is 13.1. The molecule has 0 aromatic rings. The van der Waals surface area contributed by atoms with Gasteiger partial charge in [0.15, 0.2) is 6.10 Å². The van der Waals surface area contributed by atoms with Gasteiger partial charge in [-0.2, -0.15) is 0 Å². The number of carbonyl (C=O) groups excluding carboxylic acids is 1. The summed E-state index contributed by atoms with van der Waals surface area (Å²) in [5.74, 6) is 2.20. The highest BCUT2D eigenvalue weighted by atomic mass is 16.5. The van der Waals surface area contributed by atoms with Crippen LogP contribution in [0, 0.1) is 12.3 Å². The van der Waals surface area contributed by atoms with Crippen molar-refractivity contribution in [1.82, 2.24) is 0 Å². The van der Waals surface area contributed by atoms with Crippen molar-refractivity contribution in [2.75, 3.05) is 0 Å². The van der Waals surface area contributed by atoms with E-state index in [4.69, 9.17) is 11.2 Å². The molecule has 1 atom stereocenters. The molecule has 2 nitrogen and oxygen atoms in total. The minimum absolute atomic E-state index is 0.288. The standard InChI is InChI=1S/C13H22O2/c1-4-6-7-8-9-10-11-13(5-2)15-12(3)14/h2,13H,4,6-11H2,1,3H3. The maximum atomic E-state index is 10.7. The third-order valence-corrected chi connectivity index (χ3v) is 2.31. The molecular formula is C13H22O2. The fourth-order valence-corrected chi connectivity index (χ4v) is 1.49. The third kappa shape index (κ3) is 9.34. The second-order valence-corrected chi connectivity index (χ2v) is 3.82. The van der Waals surface area contributed by atoms with Gasteiger partial charge in [-0.25, -0.2) is 0 Å². The number of unbranched alkanes of at least 4 members (excludes halogenated alkanes) is 5. The lowest BCUT2D eigenvalue weighted by atomic mass is 10.1. The Bertz CT molecular complexity index is 203. The highest BCUT2D eigenvalue weighted by Gasteiger charge is 2.07.